The molecular formula is C21H25N7O4S. The highest BCUT2D eigenvalue weighted by Gasteiger charge is 2.43. The van der Waals surface area contributed by atoms with Crippen LogP contribution in [0, 0.1) is 6.92 Å². The summed E-state index contributed by atoms with van der Waals surface area (Å²) in [6, 6.07) is 5.13. The Morgan fingerprint density at radius 2 is 1.91 bits per heavy atom. The molecule has 1 unspecified atom stereocenters. The standard InChI is InChI=1S/C21H25N7O4S/c1-11-5-19(27-26-11)24-18-9-17-16(8-15(10-22-17)33(2,31)32)20(25-18)23-12-6-13-3-4-14(7-12)28(13)21(29)30/h5,8-10,12-14H,3-4,6-7H2,1-2H3,(H,29,30)(H3,23,24,25,26,27)/t12?,13-,14+. The number of piperidine rings is 1. The number of aromatic nitrogens is 4. The smallest absolute Gasteiger partial charge is 0.407 e. The number of carbonyl (C=O) groups is 1. The number of pyridine rings is 2. The van der Waals surface area contributed by atoms with E-state index in [0.717, 1.165) is 24.8 Å². The third kappa shape index (κ3) is 4.17. The Kier molecular flexibility index (Phi) is 5.11. The molecule has 3 atom stereocenters. The Morgan fingerprint density at radius 1 is 1.18 bits per heavy atom. The number of carboxylic acid groups (broad SMARTS) is 1. The predicted octanol–water partition coefficient (Wildman–Crippen LogP) is 2.89. The molecule has 2 aliphatic rings. The van der Waals surface area contributed by atoms with Crippen LogP contribution in [0.25, 0.3) is 10.9 Å². The third-order valence-electron chi connectivity index (χ3n) is 6.34. The molecule has 0 aliphatic carbocycles. The highest BCUT2D eigenvalue weighted by molar-refractivity contribution is 7.90. The van der Waals surface area contributed by atoms with E-state index in [9.17, 15) is 18.3 Å². The van der Waals surface area contributed by atoms with Gasteiger partial charge in [-0.25, -0.2) is 18.2 Å². The number of nitrogens with one attached hydrogen (secondary N) is 3. The van der Waals surface area contributed by atoms with E-state index in [1.54, 1.807) is 17.0 Å². The van der Waals surface area contributed by atoms with Gasteiger partial charge < -0.3 is 20.6 Å². The lowest BCUT2D eigenvalue weighted by Gasteiger charge is -2.37. The average Bonchev–Trinajstić information content (AvgIpc) is 3.27. The number of fused-ring (bicyclic) bond motifs is 3. The van der Waals surface area contributed by atoms with Crippen molar-refractivity contribution < 1.29 is 18.3 Å². The van der Waals surface area contributed by atoms with Crippen LogP contribution in [0.1, 0.15) is 31.4 Å². The summed E-state index contributed by atoms with van der Waals surface area (Å²) in [5.41, 5.74) is 1.48. The Labute approximate surface area is 190 Å². The normalized spacial score (nSPS) is 22.5. The number of anilines is 3. The second-order valence-electron chi connectivity index (χ2n) is 8.81. The van der Waals surface area contributed by atoms with Crippen LogP contribution in [-0.2, 0) is 9.84 Å². The molecular weight excluding hydrogens is 446 g/mol. The zero-order valence-electron chi connectivity index (χ0n) is 18.2. The molecule has 2 fully saturated rings. The highest BCUT2D eigenvalue weighted by atomic mass is 32.2. The molecule has 1 amide bonds. The minimum atomic E-state index is -3.44. The van der Waals surface area contributed by atoms with Crippen molar-refractivity contribution in [3.63, 3.8) is 0 Å². The number of hydrogen-bond acceptors (Lipinski definition) is 8. The van der Waals surface area contributed by atoms with E-state index in [1.807, 2.05) is 13.0 Å². The molecule has 2 saturated heterocycles. The molecule has 2 aliphatic heterocycles. The lowest BCUT2D eigenvalue weighted by Crippen LogP contribution is -2.49. The summed E-state index contributed by atoms with van der Waals surface area (Å²) in [5, 5.41) is 23.8. The van der Waals surface area contributed by atoms with Crippen molar-refractivity contribution >= 4 is 44.3 Å². The van der Waals surface area contributed by atoms with E-state index in [1.165, 1.54) is 6.20 Å². The van der Waals surface area contributed by atoms with Crippen LogP contribution < -0.4 is 10.6 Å². The van der Waals surface area contributed by atoms with E-state index >= 15 is 0 Å². The van der Waals surface area contributed by atoms with E-state index in [2.05, 4.69) is 25.8 Å². The highest BCUT2D eigenvalue weighted by Crippen LogP contribution is 2.37. The van der Waals surface area contributed by atoms with Gasteiger partial charge in [-0.2, -0.15) is 5.10 Å². The Morgan fingerprint density at radius 3 is 2.52 bits per heavy atom. The first-order valence-corrected chi connectivity index (χ1v) is 12.6. The second kappa shape index (κ2) is 7.87. The van der Waals surface area contributed by atoms with Crippen molar-refractivity contribution in [1.29, 1.82) is 0 Å². The van der Waals surface area contributed by atoms with Gasteiger partial charge in [0.25, 0.3) is 0 Å². The van der Waals surface area contributed by atoms with Crippen LogP contribution in [-0.4, -0.2) is 69.1 Å². The first-order chi connectivity index (χ1) is 15.7. The summed E-state index contributed by atoms with van der Waals surface area (Å²) >= 11 is 0. The van der Waals surface area contributed by atoms with Crippen LogP contribution in [0.2, 0.25) is 0 Å². The summed E-state index contributed by atoms with van der Waals surface area (Å²) in [6.45, 7) is 1.89. The number of amides is 1. The lowest BCUT2D eigenvalue weighted by molar-refractivity contribution is 0.0994. The van der Waals surface area contributed by atoms with Crippen molar-refractivity contribution in [3.8, 4) is 0 Å². The maximum absolute atomic E-state index is 12.1. The van der Waals surface area contributed by atoms with Gasteiger partial charge in [-0.15, -0.1) is 0 Å². The molecule has 5 rings (SSSR count). The summed E-state index contributed by atoms with van der Waals surface area (Å²) in [5.74, 6) is 1.63. The van der Waals surface area contributed by atoms with Gasteiger partial charge in [0.05, 0.1) is 10.4 Å². The van der Waals surface area contributed by atoms with Gasteiger partial charge in [-0.05, 0) is 38.7 Å². The molecule has 4 N–H and O–H groups in total. The quantitative estimate of drug-likeness (QED) is 0.440. The Hall–Kier alpha value is -3.41. The third-order valence-corrected chi connectivity index (χ3v) is 7.42. The minimum Gasteiger partial charge on any atom is -0.465 e. The SMILES string of the molecule is Cc1cc(Nc2cc3ncc(S(C)(=O)=O)cc3c(NC3C[C@H]4CC[C@@H](C3)N4C(=O)O)n2)n[nH]1. The number of sulfone groups is 1. The number of aromatic amines is 1. The average molecular weight is 472 g/mol. The molecule has 0 radical (unpaired) electrons. The topological polar surface area (TPSA) is 153 Å². The number of aryl methyl sites for hydroxylation is 1. The van der Waals surface area contributed by atoms with Crippen molar-refractivity contribution in [2.45, 2.75) is 55.6 Å². The van der Waals surface area contributed by atoms with Crippen LogP contribution in [0.4, 0.5) is 22.2 Å². The van der Waals surface area contributed by atoms with Gasteiger partial charge in [-0.3, -0.25) is 10.1 Å². The predicted molar refractivity (Wildman–Crippen MR) is 123 cm³/mol. The maximum Gasteiger partial charge on any atom is 0.407 e. The number of hydrogen-bond donors (Lipinski definition) is 4. The van der Waals surface area contributed by atoms with Crippen molar-refractivity contribution in [3.05, 3.63) is 30.1 Å². The first kappa shape index (κ1) is 21.4. The van der Waals surface area contributed by atoms with Gasteiger partial charge in [0.1, 0.15) is 11.6 Å². The van der Waals surface area contributed by atoms with Gasteiger partial charge >= 0.3 is 6.09 Å². The molecule has 3 aromatic rings. The van der Waals surface area contributed by atoms with Crippen LogP contribution in [0.15, 0.2) is 29.3 Å². The zero-order chi connectivity index (χ0) is 23.3. The Bertz CT molecular complexity index is 1330. The molecule has 0 spiro atoms. The Balaban J connectivity index is 1.51. The van der Waals surface area contributed by atoms with E-state index in [4.69, 9.17) is 4.98 Å². The molecule has 12 heteroatoms. The number of H-pyrrole nitrogens is 1. The molecule has 11 nitrogen and oxygen atoms in total. The first-order valence-electron chi connectivity index (χ1n) is 10.7. The monoisotopic (exact) mass is 471 g/mol. The molecule has 0 aromatic carbocycles. The van der Waals surface area contributed by atoms with E-state index in [0.29, 0.717) is 41.2 Å². The summed E-state index contributed by atoms with van der Waals surface area (Å²) in [4.78, 5) is 22.4. The van der Waals surface area contributed by atoms with E-state index < -0.39 is 15.9 Å². The molecule has 0 saturated carbocycles. The molecule has 174 valence electrons. The van der Waals surface area contributed by atoms with Crippen molar-refractivity contribution in [1.82, 2.24) is 25.1 Å². The van der Waals surface area contributed by atoms with Crippen LogP contribution >= 0.6 is 0 Å². The number of rotatable bonds is 5. The number of nitrogens with zero attached hydrogens (tertiary/aromatic N) is 4. The largest absolute Gasteiger partial charge is 0.465 e. The summed E-state index contributed by atoms with van der Waals surface area (Å²) in [6.07, 6.45) is 4.66. The minimum absolute atomic E-state index is 0.0126. The van der Waals surface area contributed by atoms with Crippen LogP contribution in [0.3, 0.4) is 0 Å². The zero-order valence-corrected chi connectivity index (χ0v) is 19.1. The van der Waals surface area contributed by atoms with Gasteiger partial charge in [0, 0.05) is 53.8 Å². The molecule has 33 heavy (non-hydrogen) atoms. The fraction of sp³-hybridized carbons (Fsp3) is 0.429. The molecule has 2 bridgehead atoms. The molecule has 3 aromatic heterocycles. The van der Waals surface area contributed by atoms with Gasteiger partial charge in [0.2, 0.25) is 0 Å². The van der Waals surface area contributed by atoms with E-state index in [-0.39, 0.29) is 23.0 Å². The van der Waals surface area contributed by atoms with Gasteiger partial charge in [0.15, 0.2) is 15.7 Å². The van der Waals surface area contributed by atoms with Crippen molar-refractivity contribution in [2.75, 3.05) is 16.9 Å². The maximum atomic E-state index is 12.1. The summed E-state index contributed by atoms with van der Waals surface area (Å²) in [7, 11) is -3.44. The fourth-order valence-electron chi connectivity index (χ4n) is 4.89. The fourth-order valence-corrected chi connectivity index (χ4v) is 5.47. The van der Waals surface area contributed by atoms with Crippen LogP contribution in [0.5, 0.6) is 0 Å². The second-order valence-corrected chi connectivity index (χ2v) is 10.8. The summed E-state index contributed by atoms with van der Waals surface area (Å²) < 4.78 is 24.2. The van der Waals surface area contributed by atoms with Gasteiger partial charge in [-0.1, -0.05) is 0 Å². The lowest BCUT2D eigenvalue weighted by atomic mass is 9.97. The molecule has 5 heterocycles. The van der Waals surface area contributed by atoms with Crippen molar-refractivity contribution in [2.24, 2.45) is 0 Å².